The maximum Gasteiger partial charge on any atom is 0.237 e. The highest BCUT2D eigenvalue weighted by Crippen LogP contribution is 2.28. The van der Waals surface area contributed by atoms with Crippen molar-refractivity contribution in [3.8, 4) is 0 Å². The Morgan fingerprint density at radius 3 is 2.54 bits per heavy atom. The van der Waals surface area contributed by atoms with Crippen molar-refractivity contribution in [2.45, 2.75) is 43.5 Å². The van der Waals surface area contributed by atoms with Gasteiger partial charge in [-0.25, -0.2) is 4.68 Å². The highest BCUT2D eigenvalue weighted by molar-refractivity contribution is 8.00. The fourth-order valence-corrected chi connectivity index (χ4v) is 3.42. The normalized spacial score (nSPS) is 12.9. The first-order valence-electron chi connectivity index (χ1n) is 8.43. The van der Waals surface area contributed by atoms with Gasteiger partial charge in [-0.3, -0.25) is 4.79 Å². The molecule has 3 rings (SSSR count). The van der Waals surface area contributed by atoms with E-state index < -0.39 is 0 Å². The molecule has 1 aromatic heterocycles. The van der Waals surface area contributed by atoms with E-state index in [-0.39, 0.29) is 16.6 Å². The highest BCUT2D eigenvalue weighted by atomic mass is 32.2. The molecule has 2 aromatic carbocycles. The number of hydrogen-bond donors (Lipinski definition) is 2. The molecule has 1 heterocycles. The number of carbonyl (C=O) groups excluding carboxylic acids is 1. The predicted octanol–water partition coefficient (Wildman–Crippen LogP) is 3.56. The number of benzene rings is 2. The zero-order valence-corrected chi connectivity index (χ0v) is 16.2. The van der Waals surface area contributed by atoms with Crippen molar-refractivity contribution in [1.29, 1.82) is 0 Å². The van der Waals surface area contributed by atoms with E-state index in [0.717, 1.165) is 16.5 Å². The van der Waals surface area contributed by atoms with Gasteiger partial charge in [0.15, 0.2) is 5.82 Å². The first kappa shape index (κ1) is 18.3. The smallest absolute Gasteiger partial charge is 0.237 e. The van der Waals surface area contributed by atoms with Crippen LogP contribution in [0, 0.1) is 0 Å². The van der Waals surface area contributed by atoms with E-state index in [9.17, 15) is 4.79 Å². The molecule has 1 atom stereocenters. The highest BCUT2D eigenvalue weighted by Gasteiger charge is 2.25. The largest absolute Gasteiger partial charge is 0.336 e. The van der Waals surface area contributed by atoms with Crippen molar-refractivity contribution in [1.82, 2.24) is 14.9 Å². The molecule has 0 bridgehead atoms. The molecule has 0 saturated carbocycles. The number of nitrogens with two attached hydrogens (primary N) is 1. The average Bonchev–Trinajstić information content (AvgIpc) is 2.96. The SMILES string of the molecule is CC(Sc1nnc(C(C)(C)C)n1N)C(=O)Nc1cccc2ccccc12. The first-order valence-corrected chi connectivity index (χ1v) is 9.31. The average molecular weight is 369 g/mol. The lowest BCUT2D eigenvalue weighted by Crippen LogP contribution is -2.26. The Morgan fingerprint density at radius 1 is 1.15 bits per heavy atom. The first-order chi connectivity index (χ1) is 12.3. The Balaban J connectivity index is 1.75. The zero-order valence-electron chi connectivity index (χ0n) is 15.4. The molecule has 3 aromatic rings. The van der Waals surface area contributed by atoms with Crippen molar-refractivity contribution in [3.05, 3.63) is 48.3 Å². The van der Waals surface area contributed by atoms with Gasteiger partial charge < -0.3 is 11.2 Å². The fourth-order valence-electron chi connectivity index (χ4n) is 2.65. The van der Waals surface area contributed by atoms with Crippen LogP contribution in [0.4, 0.5) is 5.69 Å². The van der Waals surface area contributed by atoms with Gasteiger partial charge in [0.05, 0.1) is 5.25 Å². The summed E-state index contributed by atoms with van der Waals surface area (Å²) in [6.07, 6.45) is 0. The van der Waals surface area contributed by atoms with Gasteiger partial charge in [0.25, 0.3) is 0 Å². The van der Waals surface area contributed by atoms with Gasteiger partial charge in [-0.15, -0.1) is 10.2 Å². The zero-order chi connectivity index (χ0) is 18.9. The molecule has 0 aliphatic heterocycles. The van der Waals surface area contributed by atoms with Crippen molar-refractivity contribution >= 4 is 34.1 Å². The van der Waals surface area contributed by atoms with Crippen LogP contribution in [0.1, 0.15) is 33.5 Å². The summed E-state index contributed by atoms with van der Waals surface area (Å²) in [5, 5.41) is 13.5. The number of carbonyl (C=O) groups is 1. The van der Waals surface area contributed by atoms with Crippen LogP contribution in [-0.2, 0) is 10.2 Å². The second kappa shape index (κ2) is 6.99. The maximum absolute atomic E-state index is 12.6. The van der Waals surface area contributed by atoms with Gasteiger partial charge >= 0.3 is 0 Å². The van der Waals surface area contributed by atoms with Crippen LogP contribution in [0.3, 0.4) is 0 Å². The van der Waals surface area contributed by atoms with Gasteiger partial charge in [-0.1, -0.05) is 68.9 Å². The van der Waals surface area contributed by atoms with Crippen molar-refractivity contribution in [3.63, 3.8) is 0 Å². The van der Waals surface area contributed by atoms with E-state index in [1.54, 1.807) is 0 Å². The molecule has 3 N–H and O–H groups in total. The predicted molar refractivity (Wildman–Crippen MR) is 107 cm³/mol. The Morgan fingerprint density at radius 2 is 1.85 bits per heavy atom. The minimum atomic E-state index is -0.367. The molecule has 26 heavy (non-hydrogen) atoms. The maximum atomic E-state index is 12.6. The number of thioether (sulfide) groups is 1. The number of fused-ring (bicyclic) bond motifs is 1. The summed E-state index contributed by atoms with van der Waals surface area (Å²) in [6.45, 7) is 7.89. The Labute approximate surface area is 157 Å². The molecule has 0 spiro atoms. The Hall–Kier alpha value is -2.54. The molecular formula is C19H23N5OS. The van der Waals surface area contributed by atoms with E-state index in [0.29, 0.717) is 11.0 Å². The van der Waals surface area contributed by atoms with E-state index in [1.807, 2.05) is 70.2 Å². The van der Waals surface area contributed by atoms with Crippen LogP contribution in [0.5, 0.6) is 0 Å². The molecule has 0 fully saturated rings. The number of amides is 1. The number of anilines is 1. The summed E-state index contributed by atoms with van der Waals surface area (Å²) in [5.41, 5.74) is 0.583. The number of hydrogen-bond acceptors (Lipinski definition) is 5. The second-order valence-electron chi connectivity index (χ2n) is 7.20. The molecule has 0 radical (unpaired) electrons. The molecule has 7 heteroatoms. The van der Waals surface area contributed by atoms with Crippen molar-refractivity contribution in [2.24, 2.45) is 0 Å². The molecule has 0 saturated heterocycles. The van der Waals surface area contributed by atoms with Gasteiger partial charge in [0.1, 0.15) is 0 Å². The van der Waals surface area contributed by atoms with Gasteiger partial charge in [0, 0.05) is 16.5 Å². The molecule has 0 aliphatic carbocycles. The number of nitrogens with one attached hydrogen (secondary N) is 1. The van der Waals surface area contributed by atoms with Crippen LogP contribution in [0.25, 0.3) is 10.8 Å². The van der Waals surface area contributed by atoms with Crippen LogP contribution < -0.4 is 11.2 Å². The van der Waals surface area contributed by atoms with Crippen LogP contribution in [0.2, 0.25) is 0 Å². The summed E-state index contributed by atoms with van der Waals surface area (Å²) in [7, 11) is 0. The van der Waals surface area contributed by atoms with Crippen molar-refractivity contribution in [2.75, 3.05) is 11.2 Å². The Kier molecular flexibility index (Phi) is 4.91. The number of nitrogens with zero attached hydrogens (tertiary/aromatic N) is 3. The molecular weight excluding hydrogens is 346 g/mol. The molecule has 6 nitrogen and oxygen atoms in total. The third kappa shape index (κ3) is 3.67. The molecule has 1 amide bonds. The van der Waals surface area contributed by atoms with Gasteiger partial charge in [-0.2, -0.15) is 0 Å². The van der Waals surface area contributed by atoms with Crippen molar-refractivity contribution < 1.29 is 4.79 Å². The fraction of sp³-hybridized carbons (Fsp3) is 0.316. The third-order valence-corrected chi connectivity index (χ3v) is 5.09. The number of rotatable bonds is 4. The van der Waals surface area contributed by atoms with Gasteiger partial charge in [-0.05, 0) is 18.4 Å². The van der Waals surface area contributed by atoms with E-state index in [2.05, 4.69) is 15.5 Å². The van der Waals surface area contributed by atoms with Crippen LogP contribution >= 0.6 is 11.8 Å². The summed E-state index contributed by atoms with van der Waals surface area (Å²) >= 11 is 1.29. The third-order valence-electron chi connectivity index (χ3n) is 4.03. The lowest BCUT2D eigenvalue weighted by Gasteiger charge is -2.17. The number of aromatic nitrogens is 3. The Bertz CT molecular complexity index is 939. The lowest BCUT2D eigenvalue weighted by molar-refractivity contribution is -0.115. The van der Waals surface area contributed by atoms with Crippen LogP contribution in [0.15, 0.2) is 47.6 Å². The second-order valence-corrected chi connectivity index (χ2v) is 8.51. The summed E-state index contributed by atoms with van der Waals surface area (Å²) in [6, 6.07) is 13.8. The van der Waals surface area contributed by atoms with E-state index >= 15 is 0 Å². The van der Waals surface area contributed by atoms with E-state index in [1.165, 1.54) is 16.4 Å². The van der Waals surface area contributed by atoms with E-state index in [4.69, 9.17) is 5.84 Å². The topological polar surface area (TPSA) is 85.8 Å². The lowest BCUT2D eigenvalue weighted by atomic mass is 9.96. The summed E-state index contributed by atoms with van der Waals surface area (Å²) in [4.78, 5) is 12.6. The molecule has 1 unspecified atom stereocenters. The molecule has 0 aliphatic rings. The van der Waals surface area contributed by atoms with Crippen LogP contribution in [-0.4, -0.2) is 26.0 Å². The minimum absolute atomic E-state index is 0.105. The quantitative estimate of drug-likeness (QED) is 0.542. The standard InChI is InChI=1S/C19H23N5OS/c1-12(26-18-23-22-17(24(18)20)19(2,3)4)16(25)21-15-11-7-9-13-8-5-6-10-14(13)15/h5-12H,20H2,1-4H3,(H,21,25). The summed E-state index contributed by atoms with van der Waals surface area (Å²) in [5.74, 6) is 6.68. The van der Waals surface area contributed by atoms with Gasteiger partial charge in [0.2, 0.25) is 11.1 Å². The monoisotopic (exact) mass is 369 g/mol. The molecule has 136 valence electrons. The minimum Gasteiger partial charge on any atom is -0.336 e. The summed E-state index contributed by atoms with van der Waals surface area (Å²) < 4.78 is 1.46. The number of nitrogen functional groups attached to an aromatic ring is 1.